The fourth-order valence-corrected chi connectivity index (χ4v) is 0.392. The molecule has 0 spiro atoms. The van der Waals surface area contributed by atoms with Gasteiger partial charge in [0.25, 0.3) is 0 Å². The molecule has 1 atom stereocenters. The van der Waals surface area contributed by atoms with E-state index in [2.05, 4.69) is 0 Å². The van der Waals surface area contributed by atoms with Gasteiger partial charge < -0.3 is 15.3 Å². The van der Waals surface area contributed by atoms with Gasteiger partial charge in [-0.25, -0.2) is 0 Å². The van der Waals surface area contributed by atoms with Gasteiger partial charge in [-0.05, 0) is 0 Å². The van der Waals surface area contributed by atoms with E-state index >= 15 is 0 Å². The summed E-state index contributed by atoms with van der Waals surface area (Å²) in [4.78, 5) is 19.9. The fraction of sp³-hybridized carbons (Fsp3) is 0.400. The van der Waals surface area contributed by atoms with E-state index in [0.717, 1.165) is 0 Å². The molecule has 1 unspecified atom stereocenters. The van der Waals surface area contributed by atoms with Crippen LogP contribution in [-0.4, -0.2) is 27.3 Å². The minimum absolute atomic E-state index is 0.358. The lowest BCUT2D eigenvalue weighted by Crippen LogP contribution is -2.17. The van der Waals surface area contributed by atoms with Crippen LogP contribution in [0.5, 0.6) is 0 Å². The molecule has 0 aromatic carbocycles. The first-order valence-corrected chi connectivity index (χ1v) is 2.50. The van der Waals surface area contributed by atoms with Crippen molar-refractivity contribution in [3.63, 3.8) is 0 Å². The van der Waals surface area contributed by atoms with Crippen LogP contribution in [0, 0.1) is 12.5 Å². The van der Waals surface area contributed by atoms with Crippen LogP contribution in [0.1, 0.15) is 6.42 Å². The molecule has 0 fully saturated rings. The van der Waals surface area contributed by atoms with Crippen LogP contribution in [0.4, 0.5) is 0 Å². The average molecular weight is 147 g/mol. The summed E-state index contributed by atoms with van der Waals surface area (Å²) in [6, 6.07) is 0. The van der Waals surface area contributed by atoms with Crippen LogP contribution >= 0.6 is 0 Å². The highest BCUT2D eigenvalue weighted by Crippen LogP contribution is 2.04. The van der Waals surface area contributed by atoms with E-state index in [9.17, 15) is 9.59 Å². The molecule has 1 radical (unpaired) electrons. The van der Waals surface area contributed by atoms with Crippen LogP contribution in [-0.2, 0) is 9.59 Å². The highest BCUT2D eigenvalue weighted by molar-refractivity contribution is 5.78. The molecule has 0 aliphatic heterocycles. The van der Waals surface area contributed by atoms with E-state index < -0.39 is 24.3 Å². The molecule has 5 nitrogen and oxygen atoms in total. The molecule has 0 rings (SSSR count). The lowest BCUT2D eigenvalue weighted by atomic mass is 10.1. The lowest BCUT2D eigenvalue weighted by molar-refractivity contribution is -0.148. The summed E-state index contributed by atoms with van der Waals surface area (Å²) >= 11 is 0. The number of carbonyl (C=O) groups is 2. The van der Waals surface area contributed by atoms with Crippen LogP contribution in [0.15, 0.2) is 0 Å². The van der Waals surface area contributed by atoms with Crippen molar-refractivity contribution < 1.29 is 24.9 Å². The van der Waals surface area contributed by atoms with Gasteiger partial charge in [0.1, 0.15) is 0 Å². The monoisotopic (exact) mass is 147 g/mol. The van der Waals surface area contributed by atoms with E-state index in [1.807, 2.05) is 0 Å². The average Bonchev–Trinajstić information content (AvgIpc) is 1.81. The van der Waals surface area contributed by atoms with Crippen molar-refractivity contribution in [2.24, 2.45) is 5.92 Å². The summed E-state index contributed by atoms with van der Waals surface area (Å²) in [6.07, 6.45) is -0.591. The number of carboxylic acid groups (broad SMARTS) is 2. The van der Waals surface area contributed by atoms with Gasteiger partial charge in [-0.1, -0.05) is 0 Å². The van der Waals surface area contributed by atoms with Crippen molar-refractivity contribution in [3.05, 3.63) is 6.61 Å². The molecule has 0 bridgehead atoms. The smallest absolute Gasteiger partial charge is 0.309 e. The molecule has 0 aromatic heterocycles. The third-order valence-corrected chi connectivity index (χ3v) is 0.892. The fourth-order valence-electron chi connectivity index (χ4n) is 0.392. The molecule has 10 heavy (non-hydrogen) atoms. The normalized spacial score (nSPS) is 12.5. The molecule has 5 heteroatoms. The Bertz CT molecular complexity index is 141. The highest BCUT2D eigenvalue weighted by atomic mass is 16.4. The number of hydrogen-bond donors (Lipinski definition) is 3. The van der Waals surface area contributed by atoms with Crippen molar-refractivity contribution in [2.75, 3.05) is 0 Å². The first-order valence-electron chi connectivity index (χ1n) is 2.50. The molecular weight excluding hydrogens is 140 g/mol. The Kier molecular flexibility index (Phi) is 3.42. The van der Waals surface area contributed by atoms with Crippen LogP contribution in [0.25, 0.3) is 0 Å². The van der Waals surface area contributed by atoms with Crippen molar-refractivity contribution in [2.45, 2.75) is 6.42 Å². The van der Waals surface area contributed by atoms with Crippen molar-refractivity contribution in [1.82, 2.24) is 0 Å². The van der Waals surface area contributed by atoms with Gasteiger partial charge in [0, 0.05) is 0 Å². The topological polar surface area (TPSA) is 94.8 Å². The van der Waals surface area contributed by atoms with Crippen LogP contribution in [0.2, 0.25) is 0 Å². The summed E-state index contributed by atoms with van der Waals surface area (Å²) in [5.41, 5.74) is 0. The molecule has 0 aliphatic carbocycles. The van der Waals surface area contributed by atoms with Gasteiger partial charge in [0.15, 0.2) is 0 Å². The number of aliphatic hydroxyl groups excluding tert-OH is 1. The number of hydrogen-bond acceptors (Lipinski definition) is 3. The Labute approximate surface area is 56.9 Å². The zero-order valence-electron chi connectivity index (χ0n) is 5.02. The molecule has 57 valence electrons. The minimum Gasteiger partial charge on any atom is -0.481 e. The van der Waals surface area contributed by atoms with Gasteiger partial charge >= 0.3 is 11.9 Å². The second kappa shape index (κ2) is 3.84. The summed E-state index contributed by atoms with van der Waals surface area (Å²) in [5, 5.41) is 24.4. The Balaban J connectivity index is 3.83. The second-order valence-corrected chi connectivity index (χ2v) is 1.69. The summed E-state index contributed by atoms with van der Waals surface area (Å²) < 4.78 is 0. The minimum atomic E-state index is -1.34. The number of rotatable bonds is 4. The quantitative estimate of drug-likeness (QED) is 0.507. The Morgan fingerprint density at radius 1 is 1.40 bits per heavy atom. The molecule has 3 N–H and O–H groups in total. The summed E-state index contributed by atoms with van der Waals surface area (Å²) in [5.74, 6) is -3.90. The van der Waals surface area contributed by atoms with E-state index in [1.165, 1.54) is 0 Å². The van der Waals surface area contributed by atoms with Crippen molar-refractivity contribution >= 4 is 11.9 Å². The SMILES string of the molecule is O=C(O)CC([CH]O)C(=O)O. The van der Waals surface area contributed by atoms with Crippen LogP contribution in [0.3, 0.4) is 0 Å². The maximum absolute atomic E-state index is 10.0. The van der Waals surface area contributed by atoms with Gasteiger partial charge in [-0.15, -0.1) is 0 Å². The largest absolute Gasteiger partial charge is 0.481 e. The zero-order chi connectivity index (χ0) is 8.15. The lowest BCUT2D eigenvalue weighted by Gasteiger charge is -2.02. The van der Waals surface area contributed by atoms with Gasteiger partial charge in [-0.2, -0.15) is 0 Å². The second-order valence-electron chi connectivity index (χ2n) is 1.69. The van der Waals surface area contributed by atoms with Gasteiger partial charge in [0.2, 0.25) is 0 Å². The van der Waals surface area contributed by atoms with Crippen LogP contribution < -0.4 is 0 Å². The number of carboxylic acids is 2. The first kappa shape index (κ1) is 8.90. The van der Waals surface area contributed by atoms with Crippen molar-refractivity contribution in [1.29, 1.82) is 0 Å². The standard InChI is InChI=1S/C5H7O5/c6-2-3(5(9)10)1-4(7)8/h2-3,6H,1H2,(H,7,8)(H,9,10). The molecule has 0 amide bonds. The Hall–Kier alpha value is -1.10. The number of aliphatic carboxylic acids is 2. The third-order valence-electron chi connectivity index (χ3n) is 0.892. The molecule has 0 heterocycles. The maximum Gasteiger partial charge on any atom is 0.309 e. The van der Waals surface area contributed by atoms with E-state index in [-0.39, 0.29) is 0 Å². The third kappa shape index (κ3) is 3.03. The molecule has 0 saturated carbocycles. The zero-order valence-corrected chi connectivity index (χ0v) is 5.02. The van der Waals surface area contributed by atoms with Crippen molar-refractivity contribution in [3.8, 4) is 0 Å². The molecule has 0 saturated heterocycles. The highest BCUT2D eigenvalue weighted by Gasteiger charge is 2.19. The summed E-state index contributed by atoms with van der Waals surface area (Å²) in [7, 11) is 0. The molecule has 0 aliphatic rings. The predicted molar refractivity (Wildman–Crippen MR) is 29.6 cm³/mol. The number of aliphatic hydroxyl groups is 1. The first-order chi connectivity index (χ1) is 4.57. The van der Waals surface area contributed by atoms with E-state index in [1.54, 1.807) is 0 Å². The summed E-state index contributed by atoms with van der Waals surface area (Å²) in [6.45, 7) is 0.358. The Morgan fingerprint density at radius 3 is 2.00 bits per heavy atom. The maximum atomic E-state index is 10.0. The van der Waals surface area contributed by atoms with Gasteiger partial charge in [0.05, 0.1) is 18.9 Å². The Morgan fingerprint density at radius 2 is 1.90 bits per heavy atom. The van der Waals surface area contributed by atoms with E-state index in [0.29, 0.717) is 6.61 Å². The van der Waals surface area contributed by atoms with Gasteiger partial charge in [-0.3, -0.25) is 9.59 Å². The molecular formula is C5H7O5. The molecule has 0 aromatic rings. The van der Waals surface area contributed by atoms with E-state index in [4.69, 9.17) is 15.3 Å². The predicted octanol–water partition coefficient (Wildman–Crippen LogP) is -0.304.